The number of likely N-dealkylation sites (tertiary alicyclic amines) is 1. The average Bonchev–Trinajstić information content (AvgIpc) is 3.38. The summed E-state index contributed by atoms with van der Waals surface area (Å²) in [5, 5.41) is 0. The summed E-state index contributed by atoms with van der Waals surface area (Å²) in [6.07, 6.45) is 2.33. The van der Waals surface area contributed by atoms with Crippen LogP contribution in [0, 0.1) is 0 Å². The van der Waals surface area contributed by atoms with E-state index in [0.29, 0.717) is 16.8 Å². The van der Waals surface area contributed by atoms with Crippen LogP contribution in [0.1, 0.15) is 24.8 Å². The lowest BCUT2D eigenvalue weighted by Crippen LogP contribution is -2.29. The Labute approximate surface area is 179 Å². The number of carbonyl (C=O) groups excluding carboxylic acids is 1. The summed E-state index contributed by atoms with van der Waals surface area (Å²) in [6, 6.07) is 13.9. The Morgan fingerprint density at radius 3 is 2.53 bits per heavy atom. The fraction of sp³-hybridized carbons (Fsp3) is 0.333. The van der Waals surface area contributed by atoms with Gasteiger partial charge in [-0.3, -0.25) is 14.2 Å². The van der Waals surface area contributed by atoms with Crippen LogP contribution < -0.4 is 9.60 Å². The van der Waals surface area contributed by atoms with Gasteiger partial charge in [0.1, 0.15) is 0 Å². The number of nitrogens with zero attached hydrogens (tertiary/aromatic N) is 2. The van der Waals surface area contributed by atoms with Crippen LogP contribution in [0.3, 0.4) is 0 Å². The van der Waals surface area contributed by atoms with E-state index in [9.17, 15) is 18.0 Å². The van der Waals surface area contributed by atoms with Crippen molar-refractivity contribution < 1.29 is 13.2 Å². The molecule has 7 nitrogen and oxygen atoms in total. The summed E-state index contributed by atoms with van der Waals surface area (Å²) in [5.41, 5.74) is 1.52. The van der Waals surface area contributed by atoms with E-state index in [1.54, 1.807) is 10.6 Å². The van der Waals surface area contributed by atoms with Gasteiger partial charge in [-0.1, -0.05) is 41.7 Å². The molecule has 30 heavy (non-hydrogen) atoms. The molecule has 1 aromatic heterocycles. The Morgan fingerprint density at radius 2 is 1.80 bits per heavy atom. The molecule has 1 amide bonds. The molecular weight excluding hydrogens is 422 g/mol. The maximum Gasteiger partial charge on any atom is 0.308 e. The Kier molecular flexibility index (Phi) is 6.03. The lowest BCUT2D eigenvalue weighted by molar-refractivity contribution is -0.130. The molecule has 0 radical (unpaired) electrons. The molecule has 1 fully saturated rings. The van der Waals surface area contributed by atoms with Gasteiger partial charge in [-0.15, -0.1) is 0 Å². The number of hydrogen-bond acceptors (Lipinski definition) is 5. The molecule has 1 N–H and O–H groups in total. The van der Waals surface area contributed by atoms with Gasteiger partial charge < -0.3 is 4.90 Å². The first kappa shape index (κ1) is 20.8. The van der Waals surface area contributed by atoms with Gasteiger partial charge in [-0.2, -0.15) is 0 Å². The monoisotopic (exact) mass is 445 g/mol. The third kappa shape index (κ3) is 4.48. The standard InChI is InChI=1S/C21H23N3O4S2/c25-20(23-11-4-5-12-23)10-13-24-18-9-8-17(14-19(18)29-21(24)26)30(27,28)22-15-16-6-2-1-3-7-16/h1-3,6-9,14,22H,4-5,10-13,15H2. The normalized spacial score (nSPS) is 14.5. The maximum atomic E-state index is 12.7. The zero-order valence-corrected chi connectivity index (χ0v) is 18.0. The van der Waals surface area contributed by atoms with Crippen LogP contribution in [0.2, 0.25) is 0 Å². The highest BCUT2D eigenvalue weighted by Gasteiger charge is 2.20. The van der Waals surface area contributed by atoms with Crippen molar-refractivity contribution in [2.45, 2.75) is 37.2 Å². The van der Waals surface area contributed by atoms with Gasteiger partial charge in [0.2, 0.25) is 15.9 Å². The number of aromatic nitrogens is 1. The molecule has 1 aliphatic rings. The zero-order valence-electron chi connectivity index (χ0n) is 16.4. The molecule has 4 rings (SSSR count). The van der Waals surface area contributed by atoms with Gasteiger partial charge in [0.15, 0.2) is 0 Å². The summed E-state index contributed by atoms with van der Waals surface area (Å²) >= 11 is 0.998. The van der Waals surface area contributed by atoms with E-state index in [2.05, 4.69) is 4.72 Å². The van der Waals surface area contributed by atoms with Crippen molar-refractivity contribution in [3.8, 4) is 0 Å². The minimum absolute atomic E-state index is 0.0584. The molecule has 158 valence electrons. The van der Waals surface area contributed by atoms with Crippen molar-refractivity contribution >= 4 is 37.5 Å². The molecule has 9 heteroatoms. The lowest BCUT2D eigenvalue weighted by Gasteiger charge is -2.15. The Hall–Kier alpha value is -2.49. The molecule has 2 heterocycles. The van der Waals surface area contributed by atoms with Crippen LogP contribution in [0.25, 0.3) is 10.2 Å². The van der Waals surface area contributed by atoms with E-state index in [4.69, 9.17) is 0 Å². The van der Waals surface area contributed by atoms with Gasteiger partial charge in [0.25, 0.3) is 0 Å². The number of sulfonamides is 1. The number of rotatable bonds is 7. The predicted molar refractivity (Wildman–Crippen MR) is 117 cm³/mol. The highest BCUT2D eigenvalue weighted by atomic mass is 32.2. The number of thiazole rings is 1. The molecule has 0 unspecified atom stereocenters. The minimum atomic E-state index is -3.71. The predicted octanol–water partition coefficient (Wildman–Crippen LogP) is 2.55. The third-order valence-corrected chi connectivity index (χ3v) is 7.61. The quantitative estimate of drug-likeness (QED) is 0.605. The first-order valence-corrected chi connectivity index (χ1v) is 12.2. The van der Waals surface area contributed by atoms with Crippen LogP contribution in [0.5, 0.6) is 0 Å². The maximum absolute atomic E-state index is 12.7. The van der Waals surface area contributed by atoms with Crippen molar-refractivity contribution in [2.24, 2.45) is 0 Å². The number of benzene rings is 2. The largest absolute Gasteiger partial charge is 0.343 e. The second-order valence-corrected chi connectivity index (χ2v) is 10.1. The average molecular weight is 446 g/mol. The summed E-state index contributed by atoms with van der Waals surface area (Å²) in [4.78, 5) is 26.5. The smallest absolute Gasteiger partial charge is 0.308 e. The van der Waals surface area contributed by atoms with Crippen LogP contribution in [-0.4, -0.2) is 36.9 Å². The van der Waals surface area contributed by atoms with Gasteiger partial charge in [-0.05, 0) is 36.6 Å². The SMILES string of the molecule is O=C(CCn1c(=O)sc2cc(S(=O)(=O)NCc3ccccc3)ccc21)N1CCCC1. The Morgan fingerprint density at radius 1 is 1.07 bits per heavy atom. The summed E-state index contributed by atoms with van der Waals surface area (Å²) < 4.78 is 30.1. The summed E-state index contributed by atoms with van der Waals surface area (Å²) in [7, 11) is -3.71. The second kappa shape index (κ2) is 8.71. The number of amides is 1. The van der Waals surface area contributed by atoms with E-state index in [-0.39, 0.29) is 28.6 Å². The summed E-state index contributed by atoms with van der Waals surface area (Å²) in [5.74, 6) is 0.0584. The van der Waals surface area contributed by atoms with E-state index in [0.717, 1.165) is 42.8 Å². The first-order chi connectivity index (χ1) is 14.4. The first-order valence-electron chi connectivity index (χ1n) is 9.89. The van der Waals surface area contributed by atoms with Gasteiger partial charge in [0, 0.05) is 32.6 Å². The molecule has 3 aromatic rings. The van der Waals surface area contributed by atoms with Crippen LogP contribution in [0.15, 0.2) is 58.2 Å². The van der Waals surface area contributed by atoms with Crippen molar-refractivity contribution in [2.75, 3.05) is 13.1 Å². The molecule has 1 aliphatic heterocycles. The van der Waals surface area contributed by atoms with E-state index >= 15 is 0 Å². The number of carbonyl (C=O) groups is 1. The van der Waals surface area contributed by atoms with Crippen LogP contribution >= 0.6 is 11.3 Å². The van der Waals surface area contributed by atoms with Crippen LogP contribution in [-0.2, 0) is 27.9 Å². The fourth-order valence-electron chi connectivity index (χ4n) is 3.62. The third-order valence-electron chi connectivity index (χ3n) is 5.27. The van der Waals surface area contributed by atoms with Gasteiger partial charge in [-0.25, -0.2) is 13.1 Å². The van der Waals surface area contributed by atoms with Crippen molar-refractivity contribution in [3.63, 3.8) is 0 Å². The molecular formula is C21H23N3O4S2. The molecule has 0 aliphatic carbocycles. The second-order valence-electron chi connectivity index (χ2n) is 7.30. The minimum Gasteiger partial charge on any atom is -0.343 e. The molecule has 0 spiro atoms. The van der Waals surface area contributed by atoms with Crippen molar-refractivity contribution in [3.05, 3.63) is 63.8 Å². The van der Waals surface area contributed by atoms with Crippen molar-refractivity contribution in [1.29, 1.82) is 0 Å². The number of nitrogens with one attached hydrogen (secondary N) is 1. The van der Waals surface area contributed by atoms with Gasteiger partial charge >= 0.3 is 4.87 Å². The summed E-state index contributed by atoms with van der Waals surface area (Å²) in [6.45, 7) is 2.06. The molecule has 2 aromatic carbocycles. The van der Waals surface area contributed by atoms with Crippen molar-refractivity contribution in [1.82, 2.24) is 14.2 Å². The topological polar surface area (TPSA) is 88.5 Å². The lowest BCUT2D eigenvalue weighted by atomic mass is 10.2. The fourth-order valence-corrected chi connectivity index (χ4v) is 5.69. The molecule has 0 atom stereocenters. The van der Waals surface area contributed by atoms with E-state index in [1.807, 2.05) is 35.2 Å². The highest BCUT2D eigenvalue weighted by molar-refractivity contribution is 7.89. The van der Waals surface area contributed by atoms with Gasteiger partial charge in [0.05, 0.1) is 15.1 Å². The number of fused-ring (bicyclic) bond motifs is 1. The van der Waals surface area contributed by atoms with E-state index < -0.39 is 10.0 Å². The number of aryl methyl sites for hydroxylation is 1. The zero-order chi connectivity index (χ0) is 21.1. The Balaban J connectivity index is 1.50. The number of hydrogen-bond donors (Lipinski definition) is 1. The van der Waals surface area contributed by atoms with E-state index in [1.165, 1.54) is 12.1 Å². The Bertz CT molecular complexity index is 1210. The van der Waals surface area contributed by atoms with Crippen LogP contribution in [0.4, 0.5) is 0 Å². The molecule has 0 saturated carbocycles. The highest BCUT2D eigenvalue weighted by Crippen LogP contribution is 2.22. The molecule has 0 bridgehead atoms. The molecule has 1 saturated heterocycles.